The zero-order valence-corrected chi connectivity index (χ0v) is 15.2. The molecule has 0 unspecified atom stereocenters. The fourth-order valence-corrected chi connectivity index (χ4v) is 2.32. The fraction of sp³-hybridized carbons (Fsp3) is 0.308. The van der Waals surface area contributed by atoms with Crippen LogP contribution in [-0.4, -0.2) is 23.0 Å². The Morgan fingerprint density at radius 1 is 1.26 bits per heavy atom. The predicted octanol–water partition coefficient (Wildman–Crippen LogP) is 3.04. The van der Waals surface area contributed by atoms with E-state index in [1.54, 1.807) is 13.2 Å². The molecule has 0 aliphatic rings. The number of aromatic nitrogens is 2. The van der Waals surface area contributed by atoms with Gasteiger partial charge in [0.2, 0.25) is 0 Å². The highest BCUT2D eigenvalue weighted by molar-refractivity contribution is 14.0. The summed E-state index contributed by atoms with van der Waals surface area (Å²) in [4.78, 5) is 11.7. The van der Waals surface area contributed by atoms with Crippen LogP contribution in [0.5, 0.6) is 0 Å². The summed E-state index contributed by atoms with van der Waals surface area (Å²) >= 11 is 0.955. The molecule has 0 saturated heterocycles. The molecule has 0 saturated carbocycles. The highest BCUT2D eigenvalue weighted by Gasteiger charge is 2.33. The Labute approximate surface area is 152 Å². The van der Waals surface area contributed by atoms with E-state index in [2.05, 4.69) is 25.6 Å². The van der Waals surface area contributed by atoms with Crippen LogP contribution in [0.4, 0.5) is 13.2 Å². The van der Waals surface area contributed by atoms with Gasteiger partial charge in [-0.2, -0.15) is 13.2 Å². The number of halogens is 4. The zero-order valence-electron chi connectivity index (χ0n) is 12.1. The second-order valence-electron chi connectivity index (χ2n) is 4.22. The molecule has 2 rings (SSSR count). The first-order valence-electron chi connectivity index (χ1n) is 6.35. The van der Waals surface area contributed by atoms with E-state index in [0.717, 1.165) is 22.4 Å². The fourth-order valence-electron chi connectivity index (χ4n) is 1.58. The molecule has 0 radical (unpaired) electrons. The van der Waals surface area contributed by atoms with E-state index < -0.39 is 11.9 Å². The summed E-state index contributed by atoms with van der Waals surface area (Å²) in [5.41, 5.74) is -0.0372. The molecule has 5 nitrogen and oxygen atoms in total. The second kappa shape index (κ2) is 9.01. The van der Waals surface area contributed by atoms with Gasteiger partial charge in [0.25, 0.3) is 0 Å². The Bertz CT molecular complexity index is 630. The maximum absolute atomic E-state index is 12.5. The third-order valence-electron chi connectivity index (χ3n) is 2.64. The van der Waals surface area contributed by atoms with Crippen molar-refractivity contribution in [1.82, 2.24) is 20.6 Å². The van der Waals surface area contributed by atoms with Gasteiger partial charge in [0.05, 0.1) is 18.8 Å². The monoisotopic (exact) mass is 457 g/mol. The number of rotatable bonds is 4. The van der Waals surface area contributed by atoms with Crippen molar-refractivity contribution in [2.45, 2.75) is 19.3 Å². The molecule has 0 aromatic carbocycles. The Morgan fingerprint density at radius 2 is 2.00 bits per heavy atom. The van der Waals surface area contributed by atoms with Crippen molar-refractivity contribution >= 4 is 41.3 Å². The van der Waals surface area contributed by atoms with Crippen molar-refractivity contribution in [1.29, 1.82) is 0 Å². The van der Waals surface area contributed by atoms with Crippen molar-refractivity contribution in [3.63, 3.8) is 0 Å². The van der Waals surface area contributed by atoms with Crippen LogP contribution in [0.15, 0.2) is 34.8 Å². The van der Waals surface area contributed by atoms with Crippen molar-refractivity contribution in [2.24, 2.45) is 4.99 Å². The molecule has 0 aliphatic carbocycles. The van der Waals surface area contributed by atoms with Crippen LogP contribution in [-0.2, 0) is 19.3 Å². The first kappa shape index (κ1) is 19.6. The van der Waals surface area contributed by atoms with Gasteiger partial charge in [-0.3, -0.25) is 9.98 Å². The minimum Gasteiger partial charge on any atom is -0.351 e. The minimum absolute atomic E-state index is 0. The number of guanidine groups is 1. The molecule has 0 atom stereocenters. The maximum Gasteiger partial charge on any atom is 0.434 e. The number of alkyl halides is 3. The summed E-state index contributed by atoms with van der Waals surface area (Å²) < 4.78 is 37.4. The first-order chi connectivity index (χ1) is 10.5. The zero-order chi connectivity index (χ0) is 16.0. The van der Waals surface area contributed by atoms with E-state index in [4.69, 9.17) is 0 Å². The third kappa shape index (κ3) is 6.29. The molecule has 10 heteroatoms. The van der Waals surface area contributed by atoms with Gasteiger partial charge in [0.1, 0.15) is 5.01 Å². The van der Waals surface area contributed by atoms with Crippen LogP contribution in [0, 0.1) is 0 Å². The number of pyridine rings is 1. The molecule has 0 fully saturated rings. The van der Waals surface area contributed by atoms with E-state index in [9.17, 15) is 13.2 Å². The highest BCUT2D eigenvalue weighted by Crippen LogP contribution is 2.29. The molecular weight excluding hydrogens is 442 g/mol. The first-order valence-corrected chi connectivity index (χ1v) is 7.23. The average molecular weight is 457 g/mol. The largest absolute Gasteiger partial charge is 0.434 e. The number of hydrogen-bond donors (Lipinski definition) is 2. The molecular formula is C13H15F3IN5S. The molecule has 2 aromatic heterocycles. The summed E-state index contributed by atoms with van der Waals surface area (Å²) in [6.45, 7) is 0.634. The molecule has 2 heterocycles. The van der Waals surface area contributed by atoms with Gasteiger partial charge in [-0.15, -0.1) is 35.3 Å². The van der Waals surface area contributed by atoms with Crippen molar-refractivity contribution < 1.29 is 13.2 Å². The summed E-state index contributed by atoms with van der Waals surface area (Å²) in [6.07, 6.45) is -2.73. The van der Waals surface area contributed by atoms with Crippen LogP contribution < -0.4 is 10.6 Å². The topological polar surface area (TPSA) is 62.2 Å². The number of hydrogen-bond acceptors (Lipinski definition) is 4. The van der Waals surface area contributed by atoms with Gasteiger partial charge in [-0.05, 0) is 12.1 Å². The van der Waals surface area contributed by atoms with Crippen molar-refractivity contribution in [3.8, 4) is 0 Å². The van der Waals surface area contributed by atoms with Crippen LogP contribution in [0.25, 0.3) is 0 Å². The highest BCUT2D eigenvalue weighted by atomic mass is 127. The lowest BCUT2D eigenvalue weighted by Crippen LogP contribution is -2.36. The Balaban J connectivity index is 0.00000264. The average Bonchev–Trinajstić information content (AvgIpc) is 2.97. The SMILES string of the molecule is CN=C(NCc1ccccn1)NCc1nc(C(F)(F)F)cs1.I. The molecule has 0 bridgehead atoms. The standard InChI is InChI=1S/C13H14F3N5S.HI/c1-17-12(19-6-9-4-2-3-5-18-9)20-7-11-21-10(8-22-11)13(14,15)16;/h2-5,8H,6-7H2,1H3,(H2,17,19,20);1H. The Kier molecular flexibility index (Phi) is 7.68. The van der Waals surface area contributed by atoms with Gasteiger partial charge < -0.3 is 10.6 Å². The van der Waals surface area contributed by atoms with Crippen LogP contribution >= 0.6 is 35.3 Å². The molecule has 2 N–H and O–H groups in total. The summed E-state index contributed by atoms with van der Waals surface area (Å²) in [5, 5.41) is 7.28. The number of nitrogens with one attached hydrogen (secondary N) is 2. The summed E-state index contributed by atoms with van der Waals surface area (Å²) in [5.74, 6) is 0.467. The van der Waals surface area contributed by atoms with Gasteiger partial charge in [-0.25, -0.2) is 4.98 Å². The lowest BCUT2D eigenvalue weighted by Gasteiger charge is -2.10. The quantitative estimate of drug-likeness (QED) is 0.421. The van der Waals surface area contributed by atoms with E-state index in [1.807, 2.05) is 18.2 Å². The Morgan fingerprint density at radius 3 is 2.57 bits per heavy atom. The van der Waals surface area contributed by atoms with E-state index in [-0.39, 0.29) is 30.5 Å². The smallest absolute Gasteiger partial charge is 0.351 e. The van der Waals surface area contributed by atoms with Crippen molar-refractivity contribution in [2.75, 3.05) is 7.05 Å². The maximum atomic E-state index is 12.5. The molecule has 2 aromatic rings. The molecule has 0 amide bonds. The van der Waals surface area contributed by atoms with Gasteiger partial charge in [0, 0.05) is 18.6 Å². The number of thiazole rings is 1. The van der Waals surface area contributed by atoms with Gasteiger partial charge >= 0.3 is 6.18 Å². The number of aliphatic imine (C=N–C) groups is 1. The normalized spacial score (nSPS) is 11.7. The molecule has 0 aliphatic heterocycles. The van der Waals surface area contributed by atoms with E-state index in [1.165, 1.54) is 0 Å². The number of nitrogens with zero attached hydrogens (tertiary/aromatic N) is 3. The van der Waals surface area contributed by atoms with Gasteiger partial charge in [-0.1, -0.05) is 6.07 Å². The van der Waals surface area contributed by atoms with Crippen LogP contribution in [0.2, 0.25) is 0 Å². The summed E-state index contributed by atoms with van der Waals surface area (Å²) in [7, 11) is 1.58. The van der Waals surface area contributed by atoms with E-state index in [0.29, 0.717) is 17.5 Å². The summed E-state index contributed by atoms with van der Waals surface area (Å²) in [6, 6.07) is 5.54. The lowest BCUT2D eigenvalue weighted by atomic mass is 10.3. The van der Waals surface area contributed by atoms with Crippen LogP contribution in [0.1, 0.15) is 16.4 Å². The van der Waals surface area contributed by atoms with E-state index >= 15 is 0 Å². The minimum atomic E-state index is -4.41. The molecule has 23 heavy (non-hydrogen) atoms. The molecule has 126 valence electrons. The lowest BCUT2D eigenvalue weighted by molar-refractivity contribution is -0.140. The van der Waals surface area contributed by atoms with Crippen LogP contribution in [0.3, 0.4) is 0 Å². The predicted molar refractivity (Wildman–Crippen MR) is 93.8 cm³/mol. The Hall–Kier alpha value is -1.43. The second-order valence-corrected chi connectivity index (χ2v) is 5.17. The van der Waals surface area contributed by atoms with Gasteiger partial charge in [0.15, 0.2) is 11.7 Å². The van der Waals surface area contributed by atoms with Crippen molar-refractivity contribution in [3.05, 3.63) is 46.2 Å². The third-order valence-corrected chi connectivity index (χ3v) is 3.48. The molecule has 0 spiro atoms.